The first-order chi connectivity index (χ1) is 12.7. The van der Waals surface area contributed by atoms with Gasteiger partial charge in [-0.25, -0.2) is 0 Å². The van der Waals surface area contributed by atoms with Gasteiger partial charge in [-0.1, -0.05) is 12.1 Å². The molecule has 1 saturated heterocycles. The Morgan fingerprint density at radius 3 is 2.46 bits per heavy atom. The van der Waals surface area contributed by atoms with Crippen LogP contribution in [0, 0.1) is 0 Å². The second-order valence-electron chi connectivity index (χ2n) is 7.10. The lowest BCUT2D eigenvalue weighted by atomic mass is 9.97. The number of aliphatic hydroxyl groups excluding tert-OH is 1. The summed E-state index contributed by atoms with van der Waals surface area (Å²) in [4.78, 5) is 28.9. The predicted octanol–water partition coefficient (Wildman–Crippen LogP) is 0.474. The number of fused-ring (bicyclic) bond motifs is 1. The second-order valence-corrected chi connectivity index (χ2v) is 7.10. The van der Waals surface area contributed by atoms with Gasteiger partial charge in [-0.15, -0.1) is 0 Å². The molecule has 2 aliphatic heterocycles. The average Bonchev–Trinajstić information content (AvgIpc) is 2.91. The van der Waals surface area contributed by atoms with Crippen molar-refractivity contribution in [1.29, 1.82) is 0 Å². The molecule has 0 radical (unpaired) electrons. The fourth-order valence-corrected chi connectivity index (χ4v) is 3.73. The van der Waals surface area contributed by atoms with E-state index in [9.17, 15) is 9.59 Å². The average molecular weight is 359 g/mol. The van der Waals surface area contributed by atoms with E-state index in [0.717, 1.165) is 44.6 Å². The quantitative estimate of drug-likeness (QED) is 0.723. The summed E-state index contributed by atoms with van der Waals surface area (Å²) in [5.74, 6) is 0.109. The zero-order valence-electron chi connectivity index (χ0n) is 15.4. The molecule has 0 aliphatic carbocycles. The van der Waals surface area contributed by atoms with E-state index in [1.165, 1.54) is 11.1 Å². The van der Waals surface area contributed by atoms with Crippen LogP contribution in [0.5, 0.6) is 0 Å². The third-order valence-corrected chi connectivity index (χ3v) is 5.38. The van der Waals surface area contributed by atoms with Gasteiger partial charge in [-0.05, 0) is 43.1 Å². The maximum absolute atomic E-state index is 12.5. The second kappa shape index (κ2) is 9.26. The number of rotatable bonds is 6. The molecule has 1 amide bonds. The molecule has 2 aliphatic rings. The van der Waals surface area contributed by atoms with Crippen LogP contribution < -0.4 is 5.32 Å². The topological polar surface area (TPSA) is 72.9 Å². The van der Waals surface area contributed by atoms with Crippen LogP contribution in [0.4, 0.5) is 0 Å². The highest BCUT2D eigenvalue weighted by molar-refractivity contribution is 5.98. The molecule has 6 nitrogen and oxygen atoms in total. The van der Waals surface area contributed by atoms with Crippen molar-refractivity contribution in [1.82, 2.24) is 15.1 Å². The number of piperazine rings is 1. The number of hydrogen-bond donors (Lipinski definition) is 2. The Morgan fingerprint density at radius 2 is 1.73 bits per heavy atom. The molecule has 1 aromatic rings. The number of amides is 1. The van der Waals surface area contributed by atoms with E-state index in [-0.39, 0.29) is 31.1 Å². The molecule has 2 heterocycles. The fourth-order valence-electron chi connectivity index (χ4n) is 3.73. The van der Waals surface area contributed by atoms with Crippen molar-refractivity contribution >= 4 is 11.7 Å². The van der Waals surface area contributed by atoms with Crippen LogP contribution in [0.15, 0.2) is 18.2 Å². The maximum atomic E-state index is 12.5. The molecule has 26 heavy (non-hydrogen) atoms. The highest BCUT2D eigenvalue weighted by atomic mass is 16.3. The van der Waals surface area contributed by atoms with Crippen LogP contribution in [0.25, 0.3) is 0 Å². The van der Waals surface area contributed by atoms with Gasteiger partial charge < -0.3 is 15.3 Å². The minimum absolute atomic E-state index is 0.0530. The van der Waals surface area contributed by atoms with Crippen molar-refractivity contribution < 1.29 is 14.7 Å². The third kappa shape index (κ3) is 4.90. The molecular formula is C20H29N3O3. The molecule has 6 heteroatoms. The Labute approximate surface area is 155 Å². The fraction of sp³-hybridized carbons (Fsp3) is 0.600. The first kappa shape index (κ1) is 19.0. The summed E-state index contributed by atoms with van der Waals surface area (Å²) in [6, 6.07) is 5.99. The number of ketones is 1. The van der Waals surface area contributed by atoms with Gasteiger partial charge in [0.05, 0.1) is 6.61 Å². The van der Waals surface area contributed by atoms with Crippen molar-refractivity contribution in [2.75, 3.05) is 52.4 Å². The number of carbonyl (C=O) groups excluding carboxylic acids is 2. The van der Waals surface area contributed by atoms with Crippen LogP contribution in [-0.4, -0.2) is 79.0 Å². The number of benzene rings is 1. The first-order valence-electron chi connectivity index (χ1n) is 9.64. The summed E-state index contributed by atoms with van der Waals surface area (Å²) < 4.78 is 0. The van der Waals surface area contributed by atoms with Crippen LogP contribution >= 0.6 is 0 Å². The van der Waals surface area contributed by atoms with E-state index in [2.05, 4.69) is 16.3 Å². The third-order valence-electron chi connectivity index (χ3n) is 5.38. The Kier molecular flexibility index (Phi) is 6.77. The van der Waals surface area contributed by atoms with Gasteiger partial charge in [0.25, 0.3) is 0 Å². The molecular weight excluding hydrogens is 330 g/mol. The SMILES string of the molecule is O=C(CCC(=O)N1CCN(CCO)CC1)c1ccc2c(c1)CCNCC2. The van der Waals surface area contributed by atoms with Crippen LogP contribution in [0.2, 0.25) is 0 Å². The molecule has 2 N–H and O–H groups in total. The zero-order chi connectivity index (χ0) is 18.4. The van der Waals surface area contributed by atoms with Crippen molar-refractivity contribution in [3.8, 4) is 0 Å². The molecule has 0 unspecified atom stereocenters. The van der Waals surface area contributed by atoms with Gasteiger partial charge in [0.1, 0.15) is 0 Å². The van der Waals surface area contributed by atoms with Gasteiger partial charge in [-0.2, -0.15) is 0 Å². The standard InChI is InChI=1S/C20H29N3O3/c24-14-13-22-9-11-23(12-10-22)20(26)4-3-19(25)18-2-1-16-5-7-21-8-6-17(16)15-18/h1-2,15,21,24H,3-14H2. The van der Waals surface area contributed by atoms with Gasteiger partial charge in [0, 0.05) is 51.1 Å². The highest BCUT2D eigenvalue weighted by Gasteiger charge is 2.21. The summed E-state index contributed by atoms with van der Waals surface area (Å²) in [5.41, 5.74) is 3.31. The first-order valence-corrected chi connectivity index (χ1v) is 9.64. The lowest BCUT2D eigenvalue weighted by Gasteiger charge is -2.34. The predicted molar refractivity (Wildman–Crippen MR) is 100 cm³/mol. The highest BCUT2D eigenvalue weighted by Crippen LogP contribution is 2.17. The molecule has 0 aromatic heterocycles. The summed E-state index contributed by atoms with van der Waals surface area (Å²) >= 11 is 0. The normalized spacial score (nSPS) is 18.3. The van der Waals surface area contributed by atoms with E-state index >= 15 is 0 Å². The van der Waals surface area contributed by atoms with E-state index in [4.69, 9.17) is 5.11 Å². The minimum Gasteiger partial charge on any atom is -0.395 e. The lowest BCUT2D eigenvalue weighted by molar-refractivity contribution is -0.132. The number of aliphatic hydroxyl groups is 1. The number of β-amino-alcohol motifs (C(OH)–C–C–N with tert-alkyl or cyclic N) is 1. The number of hydrogen-bond acceptors (Lipinski definition) is 5. The molecule has 142 valence electrons. The van der Waals surface area contributed by atoms with Crippen LogP contribution in [-0.2, 0) is 17.6 Å². The molecule has 0 saturated carbocycles. The van der Waals surface area contributed by atoms with Gasteiger partial charge in [-0.3, -0.25) is 14.5 Å². The summed E-state index contributed by atoms with van der Waals surface area (Å²) in [6.07, 6.45) is 2.50. The molecule has 0 spiro atoms. The maximum Gasteiger partial charge on any atom is 0.223 e. The van der Waals surface area contributed by atoms with Crippen molar-refractivity contribution in [2.24, 2.45) is 0 Å². The van der Waals surface area contributed by atoms with Crippen molar-refractivity contribution in [3.05, 3.63) is 34.9 Å². The number of carbonyl (C=O) groups is 2. The van der Waals surface area contributed by atoms with E-state index in [1.54, 1.807) is 0 Å². The molecule has 1 aromatic carbocycles. The van der Waals surface area contributed by atoms with Crippen molar-refractivity contribution in [3.63, 3.8) is 0 Å². The number of nitrogens with one attached hydrogen (secondary N) is 1. The van der Waals surface area contributed by atoms with E-state index in [0.29, 0.717) is 19.6 Å². The molecule has 0 bridgehead atoms. The van der Waals surface area contributed by atoms with Gasteiger partial charge in [0.15, 0.2) is 5.78 Å². The van der Waals surface area contributed by atoms with Crippen LogP contribution in [0.3, 0.4) is 0 Å². The molecule has 3 rings (SSSR count). The van der Waals surface area contributed by atoms with Gasteiger partial charge in [0.2, 0.25) is 5.91 Å². The summed E-state index contributed by atoms with van der Waals surface area (Å²) in [6.45, 7) is 5.69. The van der Waals surface area contributed by atoms with Gasteiger partial charge >= 0.3 is 0 Å². The summed E-state index contributed by atoms with van der Waals surface area (Å²) in [7, 11) is 0. The lowest BCUT2D eigenvalue weighted by Crippen LogP contribution is -2.49. The minimum atomic E-state index is 0.0530. The van der Waals surface area contributed by atoms with Crippen molar-refractivity contribution in [2.45, 2.75) is 25.7 Å². The van der Waals surface area contributed by atoms with E-state index < -0.39 is 0 Å². The monoisotopic (exact) mass is 359 g/mol. The largest absolute Gasteiger partial charge is 0.395 e. The zero-order valence-corrected chi connectivity index (χ0v) is 15.4. The molecule has 0 atom stereocenters. The summed E-state index contributed by atoms with van der Waals surface area (Å²) in [5, 5.41) is 12.4. The Bertz CT molecular complexity index is 639. The Morgan fingerprint density at radius 1 is 1.00 bits per heavy atom. The number of nitrogens with zero attached hydrogens (tertiary/aromatic N) is 2. The van der Waals surface area contributed by atoms with E-state index in [1.807, 2.05) is 17.0 Å². The molecule has 1 fully saturated rings. The Hall–Kier alpha value is -1.76. The smallest absolute Gasteiger partial charge is 0.223 e. The Balaban J connectivity index is 1.49. The van der Waals surface area contributed by atoms with Crippen LogP contribution in [0.1, 0.15) is 34.3 Å². The number of Topliss-reactive ketones (excluding diaryl/α,β-unsaturated/α-hetero) is 1.